The van der Waals surface area contributed by atoms with E-state index in [4.69, 9.17) is 4.74 Å². The van der Waals surface area contributed by atoms with E-state index in [9.17, 15) is 9.18 Å². The number of nitrogens with zero attached hydrogens (tertiary/aromatic N) is 2. The van der Waals surface area contributed by atoms with E-state index in [1.807, 2.05) is 53.4 Å². The van der Waals surface area contributed by atoms with Crippen LogP contribution in [0.25, 0.3) is 10.8 Å². The summed E-state index contributed by atoms with van der Waals surface area (Å²) >= 11 is 0. The van der Waals surface area contributed by atoms with Crippen molar-refractivity contribution in [3.8, 4) is 5.75 Å². The van der Waals surface area contributed by atoms with Crippen molar-refractivity contribution in [3.05, 3.63) is 78.1 Å². The predicted molar refractivity (Wildman–Crippen MR) is 108 cm³/mol. The number of ether oxygens (including phenoxy) is 1. The third-order valence-corrected chi connectivity index (χ3v) is 5.13. The van der Waals surface area contributed by atoms with Gasteiger partial charge in [0.15, 0.2) is 6.61 Å². The second kappa shape index (κ2) is 8.40. The van der Waals surface area contributed by atoms with Crippen LogP contribution in [0.1, 0.15) is 5.56 Å². The minimum Gasteiger partial charge on any atom is -0.484 e. The summed E-state index contributed by atoms with van der Waals surface area (Å²) in [7, 11) is 0. The summed E-state index contributed by atoms with van der Waals surface area (Å²) in [5, 5.41) is 2.25. The van der Waals surface area contributed by atoms with Crippen LogP contribution in [0.5, 0.6) is 5.75 Å². The van der Waals surface area contributed by atoms with Crippen molar-refractivity contribution < 1.29 is 13.9 Å². The Bertz CT molecular complexity index is 950. The van der Waals surface area contributed by atoms with E-state index in [-0.39, 0.29) is 18.3 Å². The van der Waals surface area contributed by atoms with Gasteiger partial charge in [0.05, 0.1) is 0 Å². The lowest BCUT2D eigenvalue weighted by molar-refractivity contribution is -0.135. The molecule has 0 bridgehead atoms. The highest BCUT2D eigenvalue weighted by Crippen LogP contribution is 2.20. The Hall–Kier alpha value is -2.92. The lowest BCUT2D eigenvalue weighted by atomic mass is 10.1. The molecule has 1 fully saturated rings. The summed E-state index contributed by atoms with van der Waals surface area (Å²) in [6.07, 6.45) is 0. The molecule has 0 saturated carbocycles. The molecule has 0 radical (unpaired) electrons. The van der Waals surface area contributed by atoms with Gasteiger partial charge in [-0.25, -0.2) is 4.39 Å². The van der Waals surface area contributed by atoms with Gasteiger partial charge in [0.1, 0.15) is 11.6 Å². The van der Waals surface area contributed by atoms with Gasteiger partial charge in [-0.1, -0.05) is 42.5 Å². The molecule has 1 saturated heterocycles. The molecule has 3 aromatic rings. The first-order valence-corrected chi connectivity index (χ1v) is 9.53. The minimum atomic E-state index is -0.217. The summed E-state index contributed by atoms with van der Waals surface area (Å²) in [5.41, 5.74) is 1.08. The van der Waals surface area contributed by atoms with Crippen LogP contribution in [0, 0.1) is 5.82 Å². The molecule has 144 valence electrons. The van der Waals surface area contributed by atoms with E-state index in [0.717, 1.165) is 36.0 Å². The Kier molecular flexibility index (Phi) is 5.53. The maximum absolute atomic E-state index is 13.0. The van der Waals surface area contributed by atoms with Crippen LogP contribution in [0.4, 0.5) is 4.39 Å². The zero-order valence-corrected chi connectivity index (χ0v) is 15.7. The summed E-state index contributed by atoms with van der Waals surface area (Å²) in [5.74, 6) is 0.502. The van der Waals surface area contributed by atoms with Gasteiger partial charge in [0, 0.05) is 32.7 Å². The number of carbonyl (C=O) groups excluding carboxylic acids is 1. The molecule has 1 aliphatic rings. The maximum atomic E-state index is 13.0. The molecule has 0 N–H and O–H groups in total. The number of amides is 1. The van der Waals surface area contributed by atoms with Crippen LogP contribution >= 0.6 is 0 Å². The largest absolute Gasteiger partial charge is 0.484 e. The van der Waals surface area contributed by atoms with Gasteiger partial charge < -0.3 is 9.64 Å². The Morgan fingerprint density at radius 2 is 1.61 bits per heavy atom. The quantitative estimate of drug-likeness (QED) is 0.679. The third-order valence-electron chi connectivity index (χ3n) is 5.13. The van der Waals surface area contributed by atoms with Gasteiger partial charge in [0.2, 0.25) is 0 Å². The molecular weight excluding hydrogens is 355 g/mol. The Morgan fingerprint density at radius 3 is 2.36 bits per heavy atom. The summed E-state index contributed by atoms with van der Waals surface area (Å²) < 4.78 is 18.7. The van der Waals surface area contributed by atoms with Crippen LogP contribution in [-0.2, 0) is 11.3 Å². The van der Waals surface area contributed by atoms with Crippen molar-refractivity contribution in [3.63, 3.8) is 0 Å². The van der Waals surface area contributed by atoms with Gasteiger partial charge in [0.25, 0.3) is 5.91 Å². The number of fused-ring (bicyclic) bond motifs is 1. The van der Waals surface area contributed by atoms with E-state index in [1.165, 1.54) is 12.1 Å². The van der Waals surface area contributed by atoms with Crippen molar-refractivity contribution >= 4 is 16.7 Å². The molecule has 28 heavy (non-hydrogen) atoms. The fourth-order valence-corrected chi connectivity index (χ4v) is 3.50. The van der Waals surface area contributed by atoms with Crippen molar-refractivity contribution in [2.75, 3.05) is 32.8 Å². The summed E-state index contributed by atoms with van der Waals surface area (Å²) in [6, 6.07) is 20.5. The van der Waals surface area contributed by atoms with Crippen molar-refractivity contribution in [2.24, 2.45) is 0 Å². The van der Waals surface area contributed by atoms with Crippen LogP contribution in [0.2, 0.25) is 0 Å². The monoisotopic (exact) mass is 378 g/mol. The number of hydrogen-bond acceptors (Lipinski definition) is 3. The van der Waals surface area contributed by atoms with Crippen LogP contribution in [0.15, 0.2) is 66.7 Å². The number of halogens is 1. The summed E-state index contributed by atoms with van der Waals surface area (Å²) in [4.78, 5) is 16.6. The van der Waals surface area contributed by atoms with Gasteiger partial charge in [-0.15, -0.1) is 0 Å². The highest BCUT2D eigenvalue weighted by Gasteiger charge is 2.21. The van der Waals surface area contributed by atoms with Crippen LogP contribution < -0.4 is 4.74 Å². The van der Waals surface area contributed by atoms with Crippen molar-refractivity contribution in [1.29, 1.82) is 0 Å². The molecule has 0 aliphatic carbocycles. The van der Waals surface area contributed by atoms with Gasteiger partial charge >= 0.3 is 0 Å². The van der Waals surface area contributed by atoms with E-state index < -0.39 is 0 Å². The normalized spacial score (nSPS) is 15.0. The predicted octanol–water partition coefficient (Wildman–Crippen LogP) is 3.70. The highest BCUT2D eigenvalue weighted by atomic mass is 19.1. The lowest BCUT2D eigenvalue weighted by Crippen LogP contribution is -2.49. The van der Waals surface area contributed by atoms with Crippen molar-refractivity contribution in [2.45, 2.75) is 6.54 Å². The fraction of sp³-hybridized carbons (Fsp3) is 0.261. The number of carbonyl (C=O) groups is 1. The number of hydrogen-bond donors (Lipinski definition) is 0. The molecule has 0 aromatic heterocycles. The van der Waals surface area contributed by atoms with E-state index in [0.29, 0.717) is 18.8 Å². The molecule has 4 rings (SSSR count). The highest BCUT2D eigenvalue weighted by molar-refractivity contribution is 5.84. The average molecular weight is 378 g/mol. The SMILES string of the molecule is O=C(COc1ccc2ccccc2c1)N1CCN(Cc2ccc(F)cc2)CC1. The number of rotatable bonds is 5. The van der Waals surface area contributed by atoms with Gasteiger partial charge in [-0.2, -0.15) is 0 Å². The first-order valence-electron chi connectivity index (χ1n) is 9.53. The first kappa shape index (κ1) is 18.4. The second-order valence-electron chi connectivity index (χ2n) is 7.08. The average Bonchev–Trinajstić information content (AvgIpc) is 2.74. The Balaban J connectivity index is 1.26. The third kappa shape index (κ3) is 4.49. The minimum absolute atomic E-state index is 0.00888. The van der Waals surface area contributed by atoms with E-state index in [2.05, 4.69) is 11.0 Å². The fourth-order valence-electron chi connectivity index (χ4n) is 3.50. The molecular formula is C23H23FN2O2. The van der Waals surface area contributed by atoms with E-state index in [1.54, 1.807) is 0 Å². The molecule has 1 amide bonds. The second-order valence-corrected chi connectivity index (χ2v) is 7.08. The van der Waals surface area contributed by atoms with Gasteiger partial charge in [-0.3, -0.25) is 9.69 Å². The zero-order valence-electron chi connectivity index (χ0n) is 15.7. The zero-order chi connectivity index (χ0) is 19.3. The molecule has 0 atom stereocenters. The van der Waals surface area contributed by atoms with Gasteiger partial charge in [-0.05, 0) is 40.6 Å². The first-order chi connectivity index (χ1) is 13.7. The van der Waals surface area contributed by atoms with Crippen LogP contribution in [-0.4, -0.2) is 48.5 Å². The molecule has 1 aliphatic heterocycles. The standard InChI is InChI=1S/C23H23FN2O2/c24-21-8-5-18(6-9-21)16-25-11-13-26(14-12-25)23(27)17-28-22-10-7-19-3-1-2-4-20(19)15-22/h1-10,15H,11-14,16-17H2. The maximum Gasteiger partial charge on any atom is 0.260 e. The number of piperazine rings is 1. The van der Waals surface area contributed by atoms with Crippen LogP contribution in [0.3, 0.4) is 0 Å². The number of benzene rings is 3. The molecule has 4 nitrogen and oxygen atoms in total. The Morgan fingerprint density at radius 1 is 0.893 bits per heavy atom. The Labute approximate surface area is 164 Å². The smallest absolute Gasteiger partial charge is 0.260 e. The molecule has 3 aromatic carbocycles. The molecule has 1 heterocycles. The summed E-state index contributed by atoms with van der Waals surface area (Å²) in [6.45, 7) is 3.80. The molecule has 0 unspecified atom stereocenters. The van der Waals surface area contributed by atoms with Crippen molar-refractivity contribution in [1.82, 2.24) is 9.80 Å². The lowest BCUT2D eigenvalue weighted by Gasteiger charge is -2.34. The molecule has 0 spiro atoms. The topological polar surface area (TPSA) is 32.8 Å². The molecule has 5 heteroatoms. The van der Waals surface area contributed by atoms with E-state index >= 15 is 0 Å².